The van der Waals surface area contributed by atoms with Crippen LogP contribution in [0.4, 0.5) is 0 Å². The van der Waals surface area contributed by atoms with Crippen molar-refractivity contribution >= 4 is 0 Å². The molecule has 0 spiro atoms. The Bertz CT molecular complexity index is 371. The van der Waals surface area contributed by atoms with Crippen LogP contribution in [0.3, 0.4) is 0 Å². The highest BCUT2D eigenvalue weighted by molar-refractivity contribution is 5.25. The van der Waals surface area contributed by atoms with Crippen LogP contribution in [0.2, 0.25) is 0 Å². The summed E-state index contributed by atoms with van der Waals surface area (Å²) in [6, 6.07) is 4.83. The van der Waals surface area contributed by atoms with Gasteiger partial charge in [0.05, 0.1) is 0 Å². The van der Waals surface area contributed by atoms with Crippen molar-refractivity contribution in [3.05, 3.63) is 42.2 Å². The quantitative estimate of drug-likeness (QED) is 0.645. The Kier molecular flexibility index (Phi) is 2.10. The standard InChI is InChI=1S/C13H16N2/c1-15-9-10-4-5-13(15)12(7-10)11-3-2-6-14-8-11/h2-6,8,10,12-13H,7,9H2,1H3. The van der Waals surface area contributed by atoms with E-state index < -0.39 is 0 Å². The van der Waals surface area contributed by atoms with Crippen LogP contribution < -0.4 is 0 Å². The first kappa shape index (κ1) is 9.10. The maximum Gasteiger partial charge on any atom is 0.0345 e. The summed E-state index contributed by atoms with van der Waals surface area (Å²) < 4.78 is 0. The van der Waals surface area contributed by atoms with E-state index in [1.165, 1.54) is 18.5 Å². The highest BCUT2D eigenvalue weighted by Crippen LogP contribution is 2.39. The molecule has 2 heteroatoms. The molecule has 0 amide bonds. The van der Waals surface area contributed by atoms with Crippen LogP contribution in [-0.4, -0.2) is 29.5 Å². The SMILES string of the molecule is CN1CC2C=CC1C(c1cccnc1)C2. The number of likely N-dealkylation sites (N-methyl/N-ethyl adjacent to an activating group) is 1. The molecule has 1 aromatic heterocycles. The second-order valence-corrected chi connectivity index (χ2v) is 4.70. The molecule has 1 fully saturated rings. The summed E-state index contributed by atoms with van der Waals surface area (Å²) in [5.74, 6) is 1.39. The van der Waals surface area contributed by atoms with Gasteiger partial charge in [-0.25, -0.2) is 0 Å². The highest BCUT2D eigenvalue weighted by atomic mass is 15.1. The zero-order chi connectivity index (χ0) is 10.3. The van der Waals surface area contributed by atoms with Crippen LogP contribution in [0, 0.1) is 5.92 Å². The molecule has 3 atom stereocenters. The van der Waals surface area contributed by atoms with Crippen molar-refractivity contribution in [1.29, 1.82) is 0 Å². The first-order valence-corrected chi connectivity index (χ1v) is 5.63. The molecule has 3 heterocycles. The highest BCUT2D eigenvalue weighted by Gasteiger charge is 2.36. The molecule has 1 saturated heterocycles. The van der Waals surface area contributed by atoms with Gasteiger partial charge >= 0.3 is 0 Å². The molecule has 2 aliphatic heterocycles. The molecule has 2 bridgehead atoms. The number of pyridine rings is 1. The Hall–Kier alpha value is -1.15. The average molecular weight is 200 g/mol. The molecule has 2 nitrogen and oxygen atoms in total. The largest absolute Gasteiger partial charge is 0.299 e. The van der Waals surface area contributed by atoms with Gasteiger partial charge in [-0.2, -0.15) is 0 Å². The number of piperidine rings is 1. The Morgan fingerprint density at radius 3 is 3.00 bits per heavy atom. The molecule has 4 rings (SSSR count). The summed E-state index contributed by atoms with van der Waals surface area (Å²) in [7, 11) is 2.23. The van der Waals surface area contributed by atoms with E-state index in [1.807, 2.05) is 18.5 Å². The van der Waals surface area contributed by atoms with Gasteiger partial charge in [-0.05, 0) is 31.0 Å². The third-order valence-electron chi connectivity index (χ3n) is 3.69. The molecule has 3 aliphatic rings. The predicted octanol–water partition coefficient (Wildman–Crippen LogP) is 2.06. The topological polar surface area (TPSA) is 16.1 Å². The van der Waals surface area contributed by atoms with E-state index in [1.54, 1.807) is 0 Å². The monoisotopic (exact) mass is 200 g/mol. The van der Waals surface area contributed by atoms with Gasteiger partial charge in [-0.1, -0.05) is 18.2 Å². The fraction of sp³-hybridized carbons (Fsp3) is 0.462. The van der Waals surface area contributed by atoms with Crippen molar-refractivity contribution in [1.82, 2.24) is 9.88 Å². The summed E-state index contributed by atoms with van der Waals surface area (Å²) in [5.41, 5.74) is 1.39. The van der Waals surface area contributed by atoms with Crippen molar-refractivity contribution in [2.45, 2.75) is 18.4 Å². The fourth-order valence-electron chi connectivity index (χ4n) is 2.96. The van der Waals surface area contributed by atoms with Gasteiger partial charge in [0.15, 0.2) is 0 Å². The second-order valence-electron chi connectivity index (χ2n) is 4.70. The zero-order valence-corrected chi connectivity index (χ0v) is 9.00. The van der Waals surface area contributed by atoms with Gasteiger partial charge in [-0.15, -0.1) is 0 Å². The number of hydrogen-bond acceptors (Lipinski definition) is 2. The second kappa shape index (κ2) is 3.46. The molecule has 0 radical (unpaired) electrons. The predicted molar refractivity (Wildman–Crippen MR) is 60.6 cm³/mol. The van der Waals surface area contributed by atoms with Crippen LogP contribution in [0.5, 0.6) is 0 Å². The summed E-state index contributed by atoms with van der Waals surface area (Å²) in [4.78, 5) is 6.69. The number of fused-ring (bicyclic) bond motifs is 2. The van der Waals surface area contributed by atoms with Crippen LogP contribution in [0.1, 0.15) is 17.9 Å². The smallest absolute Gasteiger partial charge is 0.0345 e. The third-order valence-corrected chi connectivity index (χ3v) is 3.69. The van der Waals surface area contributed by atoms with Gasteiger partial charge in [-0.3, -0.25) is 9.88 Å². The van der Waals surface area contributed by atoms with Gasteiger partial charge in [0.2, 0.25) is 0 Å². The lowest BCUT2D eigenvalue weighted by Gasteiger charge is -2.44. The third kappa shape index (κ3) is 1.49. The molecule has 15 heavy (non-hydrogen) atoms. The lowest BCUT2D eigenvalue weighted by atomic mass is 9.75. The molecule has 0 N–H and O–H groups in total. The lowest BCUT2D eigenvalue weighted by molar-refractivity contribution is 0.147. The van der Waals surface area contributed by atoms with E-state index in [4.69, 9.17) is 0 Å². The van der Waals surface area contributed by atoms with Crippen molar-refractivity contribution in [3.8, 4) is 0 Å². The van der Waals surface area contributed by atoms with E-state index in [9.17, 15) is 0 Å². The Morgan fingerprint density at radius 2 is 2.33 bits per heavy atom. The lowest BCUT2D eigenvalue weighted by Crippen LogP contribution is -2.47. The van der Waals surface area contributed by atoms with Crippen molar-refractivity contribution in [3.63, 3.8) is 0 Å². The summed E-state index contributed by atoms with van der Waals surface area (Å²) >= 11 is 0. The molecular weight excluding hydrogens is 184 g/mol. The van der Waals surface area contributed by atoms with E-state index in [-0.39, 0.29) is 0 Å². The molecule has 1 aromatic rings. The Balaban J connectivity index is 1.93. The maximum absolute atomic E-state index is 4.23. The molecule has 78 valence electrons. The van der Waals surface area contributed by atoms with Crippen LogP contribution >= 0.6 is 0 Å². The minimum absolute atomic E-state index is 0.583. The minimum Gasteiger partial charge on any atom is -0.299 e. The maximum atomic E-state index is 4.23. The summed E-state index contributed by atoms with van der Waals surface area (Å²) in [6.45, 7) is 1.22. The normalized spacial score (nSPS) is 34.6. The number of rotatable bonds is 1. The van der Waals surface area contributed by atoms with Crippen molar-refractivity contribution in [2.75, 3.05) is 13.6 Å². The van der Waals surface area contributed by atoms with Crippen molar-refractivity contribution in [2.24, 2.45) is 5.92 Å². The average Bonchev–Trinajstić information content (AvgIpc) is 2.30. The molecule has 3 unspecified atom stereocenters. The zero-order valence-electron chi connectivity index (χ0n) is 9.00. The van der Waals surface area contributed by atoms with Crippen molar-refractivity contribution < 1.29 is 0 Å². The first-order valence-electron chi connectivity index (χ1n) is 5.63. The number of hydrogen-bond donors (Lipinski definition) is 0. The van der Waals surface area contributed by atoms with Gasteiger partial charge in [0, 0.05) is 30.9 Å². The molecule has 0 aromatic carbocycles. The van der Waals surface area contributed by atoms with E-state index in [0.29, 0.717) is 12.0 Å². The van der Waals surface area contributed by atoms with E-state index >= 15 is 0 Å². The van der Waals surface area contributed by atoms with E-state index in [2.05, 4.69) is 35.1 Å². The van der Waals surface area contributed by atoms with Gasteiger partial charge in [0.25, 0.3) is 0 Å². The molecule has 0 saturated carbocycles. The molecule has 1 aliphatic carbocycles. The number of aromatic nitrogens is 1. The first-order chi connectivity index (χ1) is 7.34. The van der Waals surface area contributed by atoms with Crippen LogP contribution in [0.25, 0.3) is 0 Å². The van der Waals surface area contributed by atoms with Gasteiger partial charge < -0.3 is 0 Å². The van der Waals surface area contributed by atoms with Crippen LogP contribution in [0.15, 0.2) is 36.7 Å². The fourth-order valence-corrected chi connectivity index (χ4v) is 2.96. The minimum atomic E-state index is 0.583. The van der Waals surface area contributed by atoms with Gasteiger partial charge in [0.1, 0.15) is 0 Å². The Morgan fingerprint density at radius 1 is 1.40 bits per heavy atom. The van der Waals surface area contributed by atoms with Crippen LogP contribution in [-0.2, 0) is 0 Å². The summed E-state index contributed by atoms with van der Waals surface area (Å²) in [6.07, 6.45) is 9.92. The summed E-state index contributed by atoms with van der Waals surface area (Å²) in [5, 5.41) is 0. The Labute approximate surface area is 90.6 Å². The number of nitrogens with zero attached hydrogens (tertiary/aromatic N) is 2. The molecular formula is C13H16N2. The van der Waals surface area contributed by atoms with E-state index in [0.717, 1.165) is 5.92 Å².